The molecule has 0 unspecified atom stereocenters. The molecule has 0 aliphatic rings. The van der Waals surface area contributed by atoms with Gasteiger partial charge in [-0.05, 0) is 32.9 Å². The van der Waals surface area contributed by atoms with Crippen LogP contribution in [-0.4, -0.2) is 44.3 Å². The molecule has 9 heteroatoms. The highest BCUT2D eigenvalue weighted by Gasteiger charge is 2.25. The van der Waals surface area contributed by atoms with E-state index < -0.39 is 5.97 Å². The number of pyridine rings is 1. The summed E-state index contributed by atoms with van der Waals surface area (Å²) < 4.78 is 10.6. The van der Waals surface area contributed by atoms with Gasteiger partial charge in [0.25, 0.3) is 5.22 Å². The molecule has 0 radical (unpaired) electrons. The number of ether oxygens (including phenoxy) is 1. The van der Waals surface area contributed by atoms with Gasteiger partial charge in [-0.1, -0.05) is 11.8 Å². The van der Waals surface area contributed by atoms with Crippen LogP contribution in [0.3, 0.4) is 0 Å². The lowest BCUT2D eigenvalue weighted by molar-refractivity contribution is 0.0522. The number of carbonyl (C=O) groups is 2. The van der Waals surface area contributed by atoms with Gasteiger partial charge in [-0.15, -0.1) is 10.2 Å². The van der Waals surface area contributed by atoms with Crippen LogP contribution in [0.25, 0.3) is 11.5 Å². The minimum Gasteiger partial charge on any atom is -0.462 e. The number of esters is 1. The van der Waals surface area contributed by atoms with Gasteiger partial charge in [-0.25, -0.2) is 4.79 Å². The van der Waals surface area contributed by atoms with Crippen molar-refractivity contribution in [3.63, 3.8) is 0 Å². The average molecular weight is 386 g/mol. The van der Waals surface area contributed by atoms with Gasteiger partial charge in [0, 0.05) is 29.3 Å². The van der Waals surface area contributed by atoms with Crippen LogP contribution in [0.2, 0.25) is 0 Å². The van der Waals surface area contributed by atoms with E-state index in [2.05, 4.69) is 20.2 Å². The molecule has 3 aromatic rings. The second-order valence-corrected chi connectivity index (χ2v) is 6.59. The van der Waals surface area contributed by atoms with Crippen LogP contribution < -0.4 is 0 Å². The number of rotatable bonds is 7. The van der Waals surface area contributed by atoms with E-state index in [0.29, 0.717) is 22.8 Å². The summed E-state index contributed by atoms with van der Waals surface area (Å²) in [5.41, 5.74) is 2.61. The first-order valence-corrected chi connectivity index (χ1v) is 9.26. The quantitative estimate of drug-likeness (QED) is 0.374. The van der Waals surface area contributed by atoms with Crippen molar-refractivity contribution in [3.05, 3.63) is 47.0 Å². The minimum absolute atomic E-state index is 0.0581. The normalized spacial score (nSPS) is 10.8. The number of Topliss-reactive ketones (excluding diaryl/α,β-unsaturated/α-hetero) is 1. The van der Waals surface area contributed by atoms with E-state index in [0.717, 1.165) is 17.3 Å². The molecule has 0 amide bonds. The molecule has 0 spiro atoms. The molecule has 0 aliphatic heterocycles. The Morgan fingerprint density at radius 3 is 2.56 bits per heavy atom. The predicted molar refractivity (Wildman–Crippen MR) is 98.8 cm³/mol. The van der Waals surface area contributed by atoms with Crippen LogP contribution in [-0.2, 0) is 4.74 Å². The number of hydrogen-bond acceptors (Lipinski definition) is 8. The molecule has 3 aromatic heterocycles. The number of aromatic amines is 1. The monoisotopic (exact) mass is 386 g/mol. The zero-order valence-electron chi connectivity index (χ0n) is 15.1. The Morgan fingerprint density at radius 1 is 1.15 bits per heavy atom. The van der Waals surface area contributed by atoms with Crippen LogP contribution in [0.15, 0.2) is 34.2 Å². The molecule has 0 aliphatic carbocycles. The highest BCUT2D eigenvalue weighted by Crippen LogP contribution is 2.26. The Labute approximate surface area is 159 Å². The summed E-state index contributed by atoms with van der Waals surface area (Å²) in [6, 6.07) is 3.51. The number of H-pyrrole nitrogens is 1. The van der Waals surface area contributed by atoms with Crippen LogP contribution >= 0.6 is 11.8 Å². The van der Waals surface area contributed by atoms with Gasteiger partial charge < -0.3 is 14.1 Å². The van der Waals surface area contributed by atoms with Crippen molar-refractivity contribution in [2.45, 2.75) is 26.0 Å². The molecule has 0 atom stereocenters. The molecule has 140 valence electrons. The Morgan fingerprint density at radius 2 is 1.85 bits per heavy atom. The Balaban J connectivity index is 1.74. The van der Waals surface area contributed by atoms with Gasteiger partial charge in [0.1, 0.15) is 0 Å². The lowest BCUT2D eigenvalue weighted by Gasteiger charge is -2.05. The minimum atomic E-state index is -0.509. The summed E-state index contributed by atoms with van der Waals surface area (Å²) in [7, 11) is 0. The van der Waals surface area contributed by atoms with E-state index >= 15 is 0 Å². The predicted octanol–water partition coefficient (Wildman–Crippen LogP) is 3.23. The van der Waals surface area contributed by atoms with Gasteiger partial charge in [-0.3, -0.25) is 9.78 Å². The highest BCUT2D eigenvalue weighted by molar-refractivity contribution is 7.99. The van der Waals surface area contributed by atoms with Crippen molar-refractivity contribution in [3.8, 4) is 11.5 Å². The van der Waals surface area contributed by atoms with Gasteiger partial charge >= 0.3 is 5.97 Å². The van der Waals surface area contributed by atoms with E-state index in [1.165, 1.54) is 0 Å². The van der Waals surface area contributed by atoms with Crippen molar-refractivity contribution in [2.75, 3.05) is 12.4 Å². The molecule has 0 saturated heterocycles. The molecule has 0 aromatic carbocycles. The van der Waals surface area contributed by atoms with E-state index in [4.69, 9.17) is 9.15 Å². The standard InChI is InChI=1S/C18H18N4O4S/c1-4-25-17(24)15-11(3)20-10(2)14(15)13(23)9-27-18-22-21-16(26-18)12-5-7-19-8-6-12/h5-8,20H,4,9H2,1-3H3. The molecular formula is C18H18N4O4S. The fourth-order valence-corrected chi connectivity index (χ4v) is 3.30. The van der Waals surface area contributed by atoms with Crippen molar-refractivity contribution in [1.82, 2.24) is 20.2 Å². The van der Waals surface area contributed by atoms with E-state index in [1.807, 2.05) is 0 Å². The fraction of sp³-hybridized carbons (Fsp3) is 0.278. The molecular weight excluding hydrogens is 368 g/mol. The average Bonchev–Trinajstić information content (AvgIpc) is 3.24. The third-order valence-corrected chi connectivity index (χ3v) is 4.61. The Kier molecular flexibility index (Phi) is 5.70. The fourth-order valence-electron chi connectivity index (χ4n) is 2.67. The van der Waals surface area contributed by atoms with E-state index in [1.54, 1.807) is 45.3 Å². The summed E-state index contributed by atoms with van der Waals surface area (Å²) in [5.74, 6) is -0.310. The Bertz CT molecular complexity index is 965. The number of carbonyl (C=O) groups excluding carboxylic acids is 2. The third-order valence-electron chi connectivity index (χ3n) is 3.79. The van der Waals surface area contributed by atoms with Crippen molar-refractivity contribution in [1.29, 1.82) is 0 Å². The molecule has 27 heavy (non-hydrogen) atoms. The maximum atomic E-state index is 12.7. The van der Waals surface area contributed by atoms with Crippen LogP contribution in [0.1, 0.15) is 39.0 Å². The van der Waals surface area contributed by atoms with Gasteiger partial charge in [0.2, 0.25) is 5.89 Å². The molecule has 8 nitrogen and oxygen atoms in total. The van der Waals surface area contributed by atoms with Crippen molar-refractivity contribution >= 4 is 23.5 Å². The number of thioether (sulfide) groups is 1. The maximum Gasteiger partial charge on any atom is 0.340 e. The van der Waals surface area contributed by atoms with E-state index in [-0.39, 0.29) is 28.9 Å². The topological polar surface area (TPSA) is 111 Å². The van der Waals surface area contributed by atoms with Gasteiger partial charge in [0.05, 0.1) is 23.5 Å². The SMILES string of the molecule is CCOC(=O)c1c(C)[nH]c(C)c1C(=O)CSc1nnc(-c2ccncc2)o1. The molecule has 0 saturated carbocycles. The molecule has 3 heterocycles. The summed E-state index contributed by atoms with van der Waals surface area (Å²) in [4.78, 5) is 31.9. The third kappa shape index (κ3) is 4.08. The number of aromatic nitrogens is 4. The van der Waals surface area contributed by atoms with Crippen LogP contribution in [0.4, 0.5) is 0 Å². The lowest BCUT2D eigenvalue weighted by atomic mass is 10.1. The molecule has 3 rings (SSSR count). The number of hydrogen-bond donors (Lipinski definition) is 1. The maximum absolute atomic E-state index is 12.7. The summed E-state index contributed by atoms with van der Waals surface area (Å²) in [6.45, 7) is 5.45. The number of ketones is 1. The highest BCUT2D eigenvalue weighted by atomic mass is 32.2. The number of aryl methyl sites for hydroxylation is 2. The summed E-state index contributed by atoms with van der Waals surface area (Å²) >= 11 is 1.12. The van der Waals surface area contributed by atoms with Crippen molar-refractivity contribution < 1.29 is 18.7 Å². The summed E-state index contributed by atoms with van der Waals surface area (Å²) in [5, 5.41) is 8.19. The lowest BCUT2D eigenvalue weighted by Crippen LogP contribution is -2.13. The zero-order valence-corrected chi connectivity index (χ0v) is 15.9. The van der Waals surface area contributed by atoms with Gasteiger partial charge in [-0.2, -0.15) is 0 Å². The van der Waals surface area contributed by atoms with Crippen molar-refractivity contribution in [2.24, 2.45) is 0 Å². The second-order valence-electron chi connectivity index (χ2n) is 5.67. The smallest absolute Gasteiger partial charge is 0.340 e. The van der Waals surface area contributed by atoms with Crippen LogP contribution in [0.5, 0.6) is 0 Å². The second kappa shape index (κ2) is 8.17. The van der Waals surface area contributed by atoms with Gasteiger partial charge in [0.15, 0.2) is 5.78 Å². The molecule has 0 bridgehead atoms. The van der Waals surface area contributed by atoms with Crippen LogP contribution in [0, 0.1) is 13.8 Å². The largest absolute Gasteiger partial charge is 0.462 e. The summed E-state index contributed by atoms with van der Waals surface area (Å²) in [6.07, 6.45) is 3.26. The number of nitrogens with zero attached hydrogens (tertiary/aromatic N) is 3. The van der Waals surface area contributed by atoms with E-state index in [9.17, 15) is 9.59 Å². The first-order chi connectivity index (χ1) is 13.0. The molecule has 1 N–H and O–H groups in total. The zero-order chi connectivity index (χ0) is 19.4. The number of nitrogens with one attached hydrogen (secondary N) is 1. The molecule has 0 fully saturated rings. The first-order valence-electron chi connectivity index (χ1n) is 8.27. The Hall–Kier alpha value is -2.94. The first kappa shape index (κ1) is 18.8.